The Morgan fingerprint density at radius 2 is 1.86 bits per heavy atom. The summed E-state index contributed by atoms with van der Waals surface area (Å²) >= 11 is 6.11. The SMILES string of the molecule is CNS(=O)(=O)c1ccc(Nc2cc(C)ccc2Cl)cc1N. The normalized spacial score (nSPS) is 11.4. The molecule has 2 rings (SSSR count). The number of benzene rings is 2. The van der Waals surface area contributed by atoms with Gasteiger partial charge in [0.2, 0.25) is 10.0 Å². The lowest BCUT2D eigenvalue weighted by atomic mass is 10.2. The van der Waals surface area contributed by atoms with Gasteiger partial charge in [0.25, 0.3) is 0 Å². The first kappa shape index (κ1) is 15.6. The molecule has 0 spiro atoms. The summed E-state index contributed by atoms with van der Waals surface area (Å²) < 4.78 is 25.7. The van der Waals surface area contributed by atoms with E-state index in [9.17, 15) is 8.42 Å². The molecule has 0 fully saturated rings. The zero-order valence-electron chi connectivity index (χ0n) is 11.6. The zero-order chi connectivity index (χ0) is 15.6. The van der Waals surface area contributed by atoms with Crippen LogP contribution in [0, 0.1) is 6.92 Å². The smallest absolute Gasteiger partial charge is 0.242 e. The van der Waals surface area contributed by atoms with E-state index < -0.39 is 10.0 Å². The monoisotopic (exact) mass is 325 g/mol. The summed E-state index contributed by atoms with van der Waals surface area (Å²) in [7, 11) is -2.22. The molecule has 4 N–H and O–H groups in total. The van der Waals surface area contributed by atoms with Crippen LogP contribution in [0.25, 0.3) is 0 Å². The van der Waals surface area contributed by atoms with E-state index in [4.69, 9.17) is 17.3 Å². The summed E-state index contributed by atoms with van der Waals surface area (Å²) in [6, 6.07) is 10.2. The third kappa shape index (κ3) is 3.47. The Morgan fingerprint density at radius 3 is 2.48 bits per heavy atom. The molecule has 0 unspecified atom stereocenters. The standard InChI is InChI=1S/C14H16ClN3O2S/c1-9-3-5-11(15)13(7-9)18-10-4-6-14(12(16)8-10)21(19,20)17-2/h3-8,17-18H,16H2,1-2H3. The van der Waals surface area contributed by atoms with Crippen molar-refractivity contribution in [2.24, 2.45) is 0 Å². The summed E-state index contributed by atoms with van der Waals surface area (Å²) in [5.41, 5.74) is 8.44. The minimum absolute atomic E-state index is 0.0471. The van der Waals surface area contributed by atoms with Crippen molar-refractivity contribution in [3.63, 3.8) is 0 Å². The van der Waals surface area contributed by atoms with Gasteiger partial charge in [-0.3, -0.25) is 0 Å². The van der Waals surface area contributed by atoms with Gasteiger partial charge >= 0.3 is 0 Å². The van der Waals surface area contributed by atoms with Crippen molar-refractivity contribution in [1.29, 1.82) is 0 Å². The van der Waals surface area contributed by atoms with E-state index in [0.29, 0.717) is 10.7 Å². The summed E-state index contributed by atoms with van der Waals surface area (Å²) in [4.78, 5) is 0.0471. The van der Waals surface area contributed by atoms with Crippen LogP contribution in [-0.2, 0) is 10.0 Å². The predicted molar refractivity (Wildman–Crippen MR) is 86.6 cm³/mol. The molecule has 21 heavy (non-hydrogen) atoms. The highest BCUT2D eigenvalue weighted by molar-refractivity contribution is 7.89. The van der Waals surface area contributed by atoms with Gasteiger partial charge in [0.15, 0.2) is 0 Å². The maximum absolute atomic E-state index is 11.8. The van der Waals surface area contributed by atoms with Crippen LogP contribution in [-0.4, -0.2) is 15.5 Å². The highest BCUT2D eigenvalue weighted by Gasteiger charge is 2.15. The highest BCUT2D eigenvalue weighted by Crippen LogP contribution is 2.29. The van der Waals surface area contributed by atoms with Crippen molar-refractivity contribution < 1.29 is 8.42 Å². The van der Waals surface area contributed by atoms with Gasteiger partial charge in [-0.2, -0.15) is 0 Å². The van der Waals surface area contributed by atoms with Crippen molar-refractivity contribution in [3.8, 4) is 0 Å². The van der Waals surface area contributed by atoms with Crippen molar-refractivity contribution in [1.82, 2.24) is 4.72 Å². The van der Waals surface area contributed by atoms with Gasteiger partial charge in [-0.25, -0.2) is 13.1 Å². The fourth-order valence-corrected chi connectivity index (χ4v) is 2.87. The number of nitrogen functional groups attached to an aromatic ring is 1. The fraction of sp³-hybridized carbons (Fsp3) is 0.143. The third-order valence-electron chi connectivity index (χ3n) is 2.97. The Kier molecular flexibility index (Phi) is 4.41. The molecular weight excluding hydrogens is 310 g/mol. The molecule has 2 aromatic carbocycles. The molecule has 0 aliphatic rings. The molecule has 0 saturated carbocycles. The van der Waals surface area contributed by atoms with Gasteiger partial charge in [0.05, 0.1) is 16.4 Å². The second-order valence-corrected chi connectivity index (χ2v) is 6.83. The van der Waals surface area contributed by atoms with Crippen molar-refractivity contribution in [2.45, 2.75) is 11.8 Å². The van der Waals surface area contributed by atoms with Crippen LogP contribution in [0.4, 0.5) is 17.1 Å². The number of hydrogen-bond acceptors (Lipinski definition) is 4. The molecule has 0 bridgehead atoms. The maximum atomic E-state index is 11.8. The number of aryl methyl sites for hydroxylation is 1. The zero-order valence-corrected chi connectivity index (χ0v) is 13.2. The number of nitrogens with one attached hydrogen (secondary N) is 2. The van der Waals surface area contributed by atoms with E-state index in [2.05, 4.69) is 10.0 Å². The van der Waals surface area contributed by atoms with E-state index in [-0.39, 0.29) is 10.6 Å². The molecular formula is C14H16ClN3O2S. The second kappa shape index (κ2) is 5.93. The van der Waals surface area contributed by atoms with E-state index in [1.807, 2.05) is 19.1 Å². The molecule has 0 aromatic heterocycles. The average Bonchev–Trinajstić information content (AvgIpc) is 2.43. The number of hydrogen-bond donors (Lipinski definition) is 3. The van der Waals surface area contributed by atoms with Gasteiger partial charge in [0.1, 0.15) is 4.90 Å². The minimum Gasteiger partial charge on any atom is -0.398 e. The summed E-state index contributed by atoms with van der Waals surface area (Å²) in [5, 5.41) is 3.70. The first-order valence-corrected chi connectivity index (χ1v) is 8.06. The molecule has 0 radical (unpaired) electrons. The topological polar surface area (TPSA) is 84.2 Å². The number of sulfonamides is 1. The van der Waals surface area contributed by atoms with Crippen molar-refractivity contribution in [2.75, 3.05) is 18.1 Å². The Morgan fingerprint density at radius 1 is 1.14 bits per heavy atom. The highest BCUT2D eigenvalue weighted by atomic mass is 35.5. The van der Waals surface area contributed by atoms with Crippen LogP contribution in [0.15, 0.2) is 41.3 Å². The Bertz CT molecular complexity index is 776. The van der Waals surface area contributed by atoms with Crippen LogP contribution in [0.3, 0.4) is 0 Å². The summed E-state index contributed by atoms with van der Waals surface area (Å²) in [5.74, 6) is 0. The fourth-order valence-electron chi connectivity index (χ4n) is 1.87. The summed E-state index contributed by atoms with van der Waals surface area (Å²) in [6.45, 7) is 1.96. The molecule has 0 heterocycles. The average molecular weight is 326 g/mol. The molecule has 7 heteroatoms. The van der Waals surface area contributed by atoms with Crippen molar-refractivity contribution >= 4 is 38.7 Å². The van der Waals surface area contributed by atoms with Gasteiger partial charge in [-0.15, -0.1) is 0 Å². The van der Waals surface area contributed by atoms with Crippen LogP contribution >= 0.6 is 11.6 Å². The lowest BCUT2D eigenvalue weighted by Gasteiger charge is -2.12. The number of nitrogens with two attached hydrogens (primary N) is 1. The molecule has 2 aromatic rings. The molecule has 0 atom stereocenters. The molecule has 0 aliphatic carbocycles. The lowest BCUT2D eigenvalue weighted by molar-refractivity contribution is 0.588. The minimum atomic E-state index is -3.56. The van der Waals surface area contributed by atoms with Crippen molar-refractivity contribution in [3.05, 3.63) is 47.0 Å². The number of anilines is 3. The third-order valence-corrected chi connectivity index (χ3v) is 4.79. The Labute approximate surface area is 129 Å². The van der Waals surface area contributed by atoms with Crippen LogP contribution in [0.2, 0.25) is 5.02 Å². The Hall–Kier alpha value is -1.76. The summed E-state index contributed by atoms with van der Waals surface area (Å²) in [6.07, 6.45) is 0. The molecule has 5 nitrogen and oxygen atoms in total. The van der Waals surface area contributed by atoms with E-state index in [0.717, 1.165) is 11.3 Å². The largest absolute Gasteiger partial charge is 0.398 e. The molecule has 0 aliphatic heterocycles. The van der Waals surface area contributed by atoms with Gasteiger partial charge in [-0.1, -0.05) is 17.7 Å². The van der Waals surface area contributed by atoms with E-state index in [1.54, 1.807) is 18.2 Å². The first-order valence-electron chi connectivity index (χ1n) is 6.20. The second-order valence-electron chi connectivity index (χ2n) is 4.57. The van der Waals surface area contributed by atoms with Gasteiger partial charge in [0, 0.05) is 5.69 Å². The van der Waals surface area contributed by atoms with Crippen LogP contribution in [0.1, 0.15) is 5.56 Å². The molecule has 0 amide bonds. The van der Waals surface area contributed by atoms with Crippen LogP contribution < -0.4 is 15.8 Å². The number of halogens is 1. The van der Waals surface area contributed by atoms with Gasteiger partial charge in [-0.05, 0) is 49.9 Å². The lowest BCUT2D eigenvalue weighted by Crippen LogP contribution is -2.19. The predicted octanol–water partition coefficient (Wildman–Crippen LogP) is 2.88. The van der Waals surface area contributed by atoms with E-state index >= 15 is 0 Å². The Balaban J connectivity index is 2.35. The molecule has 112 valence electrons. The van der Waals surface area contributed by atoms with E-state index in [1.165, 1.54) is 13.1 Å². The first-order chi connectivity index (χ1) is 9.83. The van der Waals surface area contributed by atoms with Gasteiger partial charge < -0.3 is 11.1 Å². The number of rotatable bonds is 4. The molecule has 0 saturated heterocycles. The maximum Gasteiger partial charge on any atom is 0.242 e. The quantitative estimate of drug-likeness (QED) is 0.755. The van der Waals surface area contributed by atoms with Crippen LogP contribution in [0.5, 0.6) is 0 Å².